The molecule has 0 aromatic heterocycles. The molecule has 0 saturated heterocycles. The molecule has 0 spiro atoms. The molecule has 0 amide bonds. The molecule has 0 fully saturated rings. The molecule has 4 aromatic carbocycles. The van der Waals surface area contributed by atoms with Crippen LogP contribution >= 0.6 is 15.8 Å². The van der Waals surface area contributed by atoms with Crippen molar-refractivity contribution in [1.29, 1.82) is 0 Å². The molecule has 0 bridgehead atoms. The van der Waals surface area contributed by atoms with Gasteiger partial charge in [-0.05, 0) is 54.4 Å². The van der Waals surface area contributed by atoms with Gasteiger partial charge in [-0.1, -0.05) is 130 Å². The van der Waals surface area contributed by atoms with Gasteiger partial charge in [0.1, 0.15) is 5.82 Å². The van der Waals surface area contributed by atoms with E-state index < -0.39 is 15.8 Å². The first-order valence-electron chi connectivity index (χ1n) is 11.2. The minimum atomic E-state index is -1.01. The molecule has 33 heavy (non-hydrogen) atoms. The average molecular weight is 471 g/mol. The molecule has 166 valence electrons. The lowest BCUT2D eigenvalue weighted by Gasteiger charge is -2.33. The highest BCUT2D eigenvalue weighted by atomic mass is 31.1. The van der Waals surface area contributed by atoms with E-state index in [-0.39, 0.29) is 11.2 Å². The van der Waals surface area contributed by atoms with Crippen LogP contribution in [0.1, 0.15) is 20.8 Å². The molecular weight excluding hydrogens is 441 g/mol. The van der Waals surface area contributed by atoms with Crippen LogP contribution in [0.3, 0.4) is 0 Å². The monoisotopic (exact) mass is 470 g/mol. The highest BCUT2D eigenvalue weighted by molar-refractivity contribution is 7.80. The molecule has 3 heteroatoms. The maximum absolute atomic E-state index is 15.1. The van der Waals surface area contributed by atoms with Gasteiger partial charge in [-0.15, -0.1) is 0 Å². The Morgan fingerprint density at radius 1 is 0.606 bits per heavy atom. The standard InChI is InChI=1S/C30H29FP2/c1-30(2,3)29(33(25-17-9-5-10-18-25)26-19-11-6-12-20-26)23-32(24-15-7-4-8-16-24)28-22-14-13-21-27(28)31/h4-23H,1-3H3/b29-23-. The average Bonchev–Trinajstić information content (AvgIpc) is 2.83. The fourth-order valence-electron chi connectivity index (χ4n) is 3.81. The van der Waals surface area contributed by atoms with Crippen LogP contribution in [0.5, 0.6) is 0 Å². The van der Waals surface area contributed by atoms with Gasteiger partial charge in [0.15, 0.2) is 0 Å². The van der Waals surface area contributed by atoms with Gasteiger partial charge in [-0.25, -0.2) is 4.39 Å². The Hall–Kier alpha value is -2.59. The Labute approximate surface area is 199 Å². The summed E-state index contributed by atoms with van der Waals surface area (Å²) < 4.78 is 15.1. The zero-order valence-corrected chi connectivity index (χ0v) is 21.1. The SMILES string of the molecule is CC(C)(C)/C(=C/P(c1ccccc1)c1ccccc1F)P(c1ccccc1)c1ccccc1. The molecule has 4 aromatic rings. The van der Waals surface area contributed by atoms with E-state index in [1.807, 2.05) is 30.3 Å². The van der Waals surface area contributed by atoms with Crippen molar-refractivity contribution < 1.29 is 4.39 Å². The normalized spacial score (nSPS) is 13.2. The smallest absolute Gasteiger partial charge is 0.131 e. The molecule has 0 nitrogen and oxygen atoms in total. The Bertz CT molecular complexity index is 1160. The van der Waals surface area contributed by atoms with Gasteiger partial charge >= 0.3 is 0 Å². The van der Waals surface area contributed by atoms with E-state index in [4.69, 9.17) is 0 Å². The number of rotatable bonds is 6. The number of hydrogen-bond acceptors (Lipinski definition) is 0. The third-order valence-electron chi connectivity index (χ3n) is 5.44. The summed E-state index contributed by atoms with van der Waals surface area (Å²) in [5.74, 6) is 2.26. The van der Waals surface area contributed by atoms with Crippen molar-refractivity contribution in [3.63, 3.8) is 0 Å². The lowest BCUT2D eigenvalue weighted by molar-refractivity contribution is 0.532. The van der Waals surface area contributed by atoms with E-state index in [2.05, 4.69) is 99.4 Å². The summed E-state index contributed by atoms with van der Waals surface area (Å²) in [6.45, 7) is 6.83. The first kappa shape index (κ1) is 23.6. The lowest BCUT2D eigenvalue weighted by Crippen LogP contribution is -2.21. The lowest BCUT2D eigenvalue weighted by atomic mass is 9.97. The first-order chi connectivity index (χ1) is 15.9. The van der Waals surface area contributed by atoms with E-state index in [9.17, 15) is 0 Å². The summed E-state index contributed by atoms with van der Waals surface area (Å²) in [4.78, 5) is 0. The second-order valence-electron chi connectivity index (χ2n) is 8.93. The highest BCUT2D eigenvalue weighted by Gasteiger charge is 2.30. The molecule has 0 radical (unpaired) electrons. The summed E-state index contributed by atoms with van der Waals surface area (Å²) in [5, 5.41) is 5.94. The molecule has 0 aliphatic carbocycles. The van der Waals surface area contributed by atoms with Gasteiger partial charge in [-0.2, -0.15) is 0 Å². The van der Waals surface area contributed by atoms with Crippen LogP contribution in [0.15, 0.2) is 126 Å². The number of benzene rings is 4. The van der Waals surface area contributed by atoms with Crippen LogP contribution in [-0.4, -0.2) is 0 Å². The minimum absolute atomic E-state index is 0.0853. The van der Waals surface area contributed by atoms with Gasteiger partial charge < -0.3 is 0 Å². The molecule has 1 atom stereocenters. The van der Waals surface area contributed by atoms with Crippen molar-refractivity contribution >= 4 is 37.1 Å². The van der Waals surface area contributed by atoms with Gasteiger partial charge in [0.25, 0.3) is 0 Å². The summed E-state index contributed by atoms with van der Waals surface area (Å²) >= 11 is 0. The Balaban J connectivity index is 1.97. The Morgan fingerprint density at radius 2 is 1.03 bits per heavy atom. The van der Waals surface area contributed by atoms with Crippen molar-refractivity contribution in [2.45, 2.75) is 20.8 Å². The maximum atomic E-state index is 15.1. The fourth-order valence-corrected chi connectivity index (χ4v) is 9.33. The highest BCUT2D eigenvalue weighted by Crippen LogP contribution is 2.55. The van der Waals surface area contributed by atoms with Crippen molar-refractivity contribution in [3.05, 3.63) is 132 Å². The van der Waals surface area contributed by atoms with Crippen LogP contribution < -0.4 is 21.2 Å². The van der Waals surface area contributed by atoms with Crippen LogP contribution in [0.25, 0.3) is 0 Å². The van der Waals surface area contributed by atoms with Gasteiger partial charge in [-0.3, -0.25) is 0 Å². The molecule has 4 rings (SSSR count). The number of hydrogen-bond donors (Lipinski definition) is 0. The van der Waals surface area contributed by atoms with E-state index in [1.54, 1.807) is 12.1 Å². The second-order valence-corrected chi connectivity index (χ2v) is 13.1. The minimum Gasteiger partial charge on any atom is -0.206 e. The van der Waals surface area contributed by atoms with Gasteiger partial charge in [0.05, 0.1) is 0 Å². The van der Waals surface area contributed by atoms with Crippen molar-refractivity contribution in [2.24, 2.45) is 5.41 Å². The van der Waals surface area contributed by atoms with Crippen molar-refractivity contribution in [3.8, 4) is 0 Å². The van der Waals surface area contributed by atoms with Gasteiger partial charge in [0, 0.05) is 5.30 Å². The summed E-state index contributed by atoms with van der Waals surface area (Å²) in [5.41, 5.74) is -0.0853. The molecule has 0 saturated carbocycles. The second kappa shape index (κ2) is 10.6. The zero-order chi connectivity index (χ0) is 23.3. The third kappa shape index (κ3) is 5.67. The predicted octanol–water partition coefficient (Wildman–Crippen LogP) is 7.28. The molecule has 0 aliphatic rings. The van der Waals surface area contributed by atoms with Crippen LogP contribution in [0.4, 0.5) is 4.39 Å². The third-order valence-corrected chi connectivity index (χ3v) is 10.8. The molecule has 0 heterocycles. The van der Waals surface area contributed by atoms with Crippen molar-refractivity contribution in [2.75, 3.05) is 0 Å². The van der Waals surface area contributed by atoms with E-state index in [1.165, 1.54) is 15.9 Å². The maximum Gasteiger partial charge on any atom is 0.131 e. The summed E-state index contributed by atoms with van der Waals surface area (Å²) in [6, 6.07) is 39.1. The topological polar surface area (TPSA) is 0 Å². The fraction of sp³-hybridized carbons (Fsp3) is 0.133. The van der Waals surface area contributed by atoms with E-state index in [0.29, 0.717) is 0 Å². The first-order valence-corrected chi connectivity index (χ1v) is 13.9. The molecule has 1 unspecified atom stereocenters. The Kier molecular flexibility index (Phi) is 7.54. The molecule has 0 aliphatic heterocycles. The summed E-state index contributed by atoms with van der Waals surface area (Å²) in [6.07, 6.45) is 0. The zero-order valence-electron chi connectivity index (χ0n) is 19.3. The Morgan fingerprint density at radius 3 is 1.48 bits per heavy atom. The van der Waals surface area contributed by atoms with Crippen LogP contribution in [-0.2, 0) is 0 Å². The molecular formula is C30H29FP2. The van der Waals surface area contributed by atoms with E-state index in [0.717, 1.165) is 10.6 Å². The van der Waals surface area contributed by atoms with Gasteiger partial charge in [0.2, 0.25) is 0 Å². The van der Waals surface area contributed by atoms with Crippen LogP contribution in [0, 0.1) is 11.2 Å². The summed E-state index contributed by atoms with van der Waals surface area (Å²) in [7, 11) is -1.78. The predicted molar refractivity (Wildman–Crippen MR) is 146 cm³/mol. The largest absolute Gasteiger partial charge is 0.206 e. The molecule has 0 N–H and O–H groups in total. The van der Waals surface area contributed by atoms with Crippen molar-refractivity contribution in [1.82, 2.24) is 0 Å². The van der Waals surface area contributed by atoms with Crippen LogP contribution in [0.2, 0.25) is 0 Å². The number of halogens is 1. The quantitative estimate of drug-likeness (QED) is 0.260. The number of allylic oxidation sites excluding steroid dienone is 1. The van der Waals surface area contributed by atoms with E-state index >= 15 is 4.39 Å².